The summed E-state index contributed by atoms with van der Waals surface area (Å²) >= 11 is 12.4. The molecule has 1 aromatic carbocycles. The standard InChI is InChI=1S/C13H15Cl2N5O/c1-21-11-4-2-3-10(11)20-13(17-18-19-20)8-5-7(16)6-9(14)12(8)15/h5-6,10-11H,2-4,16H2,1H3. The lowest BCUT2D eigenvalue weighted by molar-refractivity contribution is 0.0708. The molecule has 2 unspecified atom stereocenters. The van der Waals surface area contributed by atoms with Crippen LogP contribution < -0.4 is 5.73 Å². The molecular formula is C13H15Cl2N5O. The fraction of sp³-hybridized carbons (Fsp3) is 0.462. The Balaban J connectivity index is 2.07. The van der Waals surface area contributed by atoms with Crippen molar-refractivity contribution in [3.63, 3.8) is 0 Å². The van der Waals surface area contributed by atoms with Crippen molar-refractivity contribution in [1.82, 2.24) is 20.2 Å². The first-order valence-corrected chi connectivity index (χ1v) is 7.43. The molecule has 1 saturated carbocycles. The molecule has 0 bridgehead atoms. The largest absolute Gasteiger partial charge is 0.399 e. The third-order valence-electron chi connectivity index (χ3n) is 3.82. The van der Waals surface area contributed by atoms with Gasteiger partial charge in [-0.25, -0.2) is 4.68 Å². The quantitative estimate of drug-likeness (QED) is 0.876. The maximum absolute atomic E-state index is 6.28. The van der Waals surface area contributed by atoms with Crippen LogP contribution in [-0.4, -0.2) is 33.4 Å². The van der Waals surface area contributed by atoms with Crippen LogP contribution in [0.1, 0.15) is 25.3 Å². The number of tetrazole rings is 1. The third-order valence-corrected chi connectivity index (χ3v) is 4.62. The van der Waals surface area contributed by atoms with E-state index in [1.165, 1.54) is 0 Å². The highest BCUT2D eigenvalue weighted by molar-refractivity contribution is 6.43. The summed E-state index contributed by atoms with van der Waals surface area (Å²) in [6, 6.07) is 3.43. The molecule has 0 saturated heterocycles. The SMILES string of the molecule is COC1CCCC1n1nnnc1-c1cc(N)cc(Cl)c1Cl. The number of halogens is 2. The van der Waals surface area contributed by atoms with E-state index >= 15 is 0 Å². The number of nitrogens with two attached hydrogens (primary N) is 1. The van der Waals surface area contributed by atoms with Crippen molar-refractivity contribution in [3.8, 4) is 11.4 Å². The maximum Gasteiger partial charge on any atom is 0.184 e. The molecule has 0 aliphatic heterocycles. The van der Waals surface area contributed by atoms with Crippen molar-refractivity contribution < 1.29 is 4.74 Å². The van der Waals surface area contributed by atoms with E-state index in [1.807, 2.05) is 0 Å². The minimum atomic E-state index is 0.0938. The first-order chi connectivity index (χ1) is 10.1. The molecule has 6 nitrogen and oxygen atoms in total. The second-order valence-electron chi connectivity index (χ2n) is 5.08. The zero-order valence-corrected chi connectivity index (χ0v) is 13.0. The number of ether oxygens (including phenoxy) is 1. The van der Waals surface area contributed by atoms with Gasteiger partial charge in [0.05, 0.1) is 22.2 Å². The van der Waals surface area contributed by atoms with E-state index in [1.54, 1.807) is 23.9 Å². The number of aromatic nitrogens is 4. The van der Waals surface area contributed by atoms with Crippen molar-refractivity contribution in [3.05, 3.63) is 22.2 Å². The van der Waals surface area contributed by atoms with E-state index in [-0.39, 0.29) is 12.1 Å². The minimum absolute atomic E-state index is 0.0938. The summed E-state index contributed by atoms with van der Waals surface area (Å²) in [5.41, 5.74) is 7.00. The van der Waals surface area contributed by atoms with Gasteiger partial charge in [-0.1, -0.05) is 23.2 Å². The fourth-order valence-electron chi connectivity index (χ4n) is 2.83. The van der Waals surface area contributed by atoms with Crippen LogP contribution in [-0.2, 0) is 4.74 Å². The van der Waals surface area contributed by atoms with E-state index < -0.39 is 0 Å². The van der Waals surface area contributed by atoms with Gasteiger partial charge >= 0.3 is 0 Å². The topological polar surface area (TPSA) is 78.8 Å². The number of rotatable bonds is 3. The number of methoxy groups -OCH3 is 1. The molecule has 2 N–H and O–H groups in total. The van der Waals surface area contributed by atoms with Crippen LogP contribution in [0.15, 0.2) is 12.1 Å². The van der Waals surface area contributed by atoms with E-state index in [0.717, 1.165) is 19.3 Å². The molecule has 0 radical (unpaired) electrons. The normalized spacial score (nSPS) is 21.9. The van der Waals surface area contributed by atoms with Crippen LogP contribution in [0.25, 0.3) is 11.4 Å². The Morgan fingerprint density at radius 1 is 1.33 bits per heavy atom. The van der Waals surface area contributed by atoms with Crippen LogP contribution in [0, 0.1) is 0 Å². The predicted molar refractivity (Wildman–Crippen MR) is 81.4 cm³/mol. The van der Waals surface area contributed by atoms with Gasteiger partial charge in [0.15, 0.2) is 5.82 Å². The lowest BCUT2D eigenvalue weighted by atomic mass is 10.1. The summed E-state index contributed by atoms with van der Waals surface area (Å²) in [7, 11) is 1.71. The van der Waals surface area contributed by atoms with Gasteiger partial charge in [-0.05, 0) is 41.8 Å². The smallest absolute Gasteiger partial charge is 0.184 e. The van der Waals surface area contributed by atoms with Gasteiger partial charge in [0.25, 0.3) is 0 Å². The molecule has 1 aliphatic carbocycles. The molecule has 112 valence electrons. The molecule has 1 heterocycles. The van der Waals surface area contributed by atoms with Crippen molar-refractivity contribution in [2.24, 2.45) is 0 Å². The lowest BCUT2D eigenvalue weighted by Crippen LogP contribution is -2.22. The Morgan fingerprint density at radius 2 is 2.14 bits per heavy atom. The zero-order chi connectivity index (χ0) is 15.0. The highest BCUT2D eigenvalue weighted by Crippen LogP contribution is 2.38. The van der Waals surface area contributed by atoms with E-state index in [2.05, 4.69) is 15.5 Å². The number of nitrogen functional groups attached to an aromatic ring is 1. The Hall–Kier alpha value is -1.37. The number of hydrogen-bond acceptors (Lipinski definition) is 5. The number of hydrogen-bond donors (Lipinski definition) is 1. The summed E-state index contributed by atoms with van der Waals surface area (Å²) in [6.07, 6.45) is 3.13. The molecule has 2 atom stereocenters. The highest BCUT2D eigenvalue weighted by Gasteiger charge is 2.32. The molecule has 3 rings (SSSR count). The van der Waals surface area contributed by atoms with Crippen molar-refractivity contribution in [2.75, 3.05) is 12.8 Å². The van der Waals surface area contributed by atoms with Crippen LogP contribution >= 0.6 is 23.2 Å². The first-order valence-electron chi connectivity index (χ1n) is 6.67. The van der Waals surface area contributed by atoms with E-state index in [4.69, 9.17) is 33.7 Å². The van der Waals surface area contributed by atoms with Gasteiger partial charge in [-0.2, -0.15) is 0 Å². The van der Waals surface area contributed by atoms with Crippen molar-refractivity contribution >= 4 is 28.9 Å². The zero-order valence-electron chi connectivity index (χ0n) is 11.5. The predicted octanol–water partition coefficient (Wildman–Crippen LogP) is 2.97. The molecule has 0 spiro atoms. The number of anilines is 1. The van der Waals surface area contributed by atoms with Crippen LogP contribution in [0.4, 0.5) is 5.69 Å². The Labute approximate surface area is 132 Å². The van der Waals surface area contributed by atoms with E-state index in [9.17, 15) is 0 Å². The van der Waals surface area contributed by atoms with Crippen LogP contribution in [0.5, 0.6) is 0 Å². The summed E-state index contributed by atoms with van der Waals surface area (Å²) in [4.78, 5) is 0. The van der Waals surface area contributed by atoms with Gasteiger partial charge in [0.1, 0.15) is 0 Å². The third kappa shape index (κ3) is 2.59. The molecule has 1 fully saturated rings. The van der Waals surface area contributed by atoms with Crippen LogP contribution in [0.2, 0.25) is 10.0 Å². The molecule has 21 heavy (non-hydrogen) atoms. The second kappa shape index (κ2) is 5.79. The minimum Gasteiger partial charge on any atom is -0.399 e. The van der Waals surface area contributed by atoms with Crippen molar-refractivity contribution in [1.29, 1.82) is 0 Å². The van der Waals surface area contributed by atoms with Gasteiger partial charge in [-0.3, -0.25) is 0 Å². The summed E-state index contributed by atoms with van der Waals surface area (Å²) in [6.45, 7) is 0. The number of benzene rings is 1. The summed E-state index contributed by atoms with van der Waals surface area (Å²) in [5, 5.41) is 12.8. The first kappa shape index (κ1) is 14.6. The molecule has 8 heteroatoms. The second-order valence-corrected chi connectivity index (χ2v) is 5.87. The van der Waals surface area contributed by atoms with Gasteiger partial charge in [0.2, 0.25) is 0 Å². The van der Waals surface area contributed by atoms with Gasteiger partial charge in [0, 0.05) is 18.4 Å². The molecule has 1 aliphatic rings. The van der Waals surface area contributed by atoms with Gasteiger partial charge < -0.3 is 10.5 Å². The lowest BCUT2D eigenvalue weighted by Gasteiger charge is -2.19. The summed E-state index contributed by atoms with van der Waals surface area (Å²) in [5.74, 6) is 0.558. The highest BCUT2D eigenvalue weighted by atomic mass is 35.5. The Morgan fingerprint density at radius 3 is 2.90 bits per heavy atom. The monoisotopic (exact) mass is 327 g/mol. The molecule has 1 aromatic heterocycles. The van der Waals surface area contributed by atoms with E-state index in [0.29, 0.717) is 27.1 Å². The Kier molecular flexibility index (Phi) is 4.01. The molecule has 2 aromatic rings. The van der Waals surface area contributed by atoms with Crippen molar-refractivity contribution in [2.45, 2.75) is 31.4 Å². The summed E-state index contributed by atoms with van der Waals surface area (Å²) < 4.78 is 7.28. The molecule has 0 amide bonds. The Bertz CT molecular complexity index is 660. The average molecular weight is 328 g/mol. The maximum atomic E-state index is 6.28. The van der Waals surface area contributed by atoms with Crippen LogP contribution in [0.3, 0.4) is 0 Å². The molecular weight excluding hydrogens is 313 g/mol. The fourth-order valence-corrected chi connectivity index (χ4v) is 3.25. The average Bonchev–Trinajstić information content (AvgIpc) is 3.10. The number of nitrogens with zero attached hydrogens (tertiary/aromatic N) is 4. The van der Waals surface area contributed by atoms with Gasteiger partial charge in [-0.15, -0.1) is 5.10 Å².